The first kappa shape index (κ1) is 20.4. The minimum absolute atomic E-state index is 0.0537. The van der Waals surface area contributed by atoms with Crippen molar-refractivity contribution in [3.8, 4) is 17.2 Å². The average Bonchev–Trinajstić information content (AvgIpc) is 3.14. The topological polar surface area (TPSA) is 111 Å². The van der Waals surface area contributed by atoms with E-state index in [2.05, 4.69) is 15.5 Å². The molecule has 0 aliphatic rings. The van der Waals surface area contributed by atoms with Gasteiger partial charge in [0.15, 0.2) is 9.84 Å². The van der Waals surface area contributed by atoms with Crippen LogP contribution in [0, 0.1) is 11.6 Å². The molecule has 0 bridgehead atoms. The van der Waals surface area contributed by atoms with Gasteiger partial charge in [0.1, 0.15) is 17.4 Å². The molecule has 0 fully saturated rings. The van der Waals surface area contributed by atoms with Gasteiger partial charge in [0.25, 0.3) is 5.89 Å². The fourth-order valence-corrected chi connectivity index (χ4v) is 3.60. The lowest BCUT2D eigenvalue weighted by Crippen LogP contribution is -2.17. The largest absolute Gasteiger partial charge is 0.497 e. The van der Waals surface area contributed by atoms with E-state index >= 15 is 0 Å². The molecule has 0 saturated carbocycles. The Bertz CT molecular complexity index is 1130. The Morgan fingerprint density at radius 2 is 1.86 bits per heavy atom. The van der Waals surface area contributed by atoms with Gasteiger partial charge < -0.3 is 9.15 Å². The van der Waals surface area contributed by atoms with Crippen molar-refractivity contribution in [2.24, 2.45) is 0 Å². The number of carbonyl (C=O) groups is 1. The number of amides is 1. The monoisotopic (exact) mass is 423 g/mol. The van der Waals surface area contributed by atoms with Crippen LogP contribution in [0.2, 0.25) is 0 Å². The van der Waals surface area contributed by atoms with Crippen molar-refractivity contribution in [3.63, 3.8) is 0 Å². The Kier molecular flexibility index (Phi) is 5.87. The number of hydrogen-bond acceptors (Lipinski definition) is 7. The van der Waals surface area contributed by atoms with Gasteiger partial charge in [0.05, 0.1) is 23.3 Å². The predicted octanol–water partition coefficient (Wildman–Crippen LogP) is 2.83. The normalized spacial score (nSPS) is 11.3. The average molecular weight is 423 g/mol. The Labute approximate surface area is 164 Å². The van der Waals surface area contributed by atoms with E-state index in [0.29, 0.717) is 11.8 Å². The molecule has 0 spiro atoms. The maximum Gasteiger partial charge on any atom is 0.322 e. The van der Waals surface area contributed by atoms with E-state index in [1.165, 1.54) is 31.4 Å². The first-order chi connectivity index (χ1) is 13.8. The summed E-state index contributed by atoms with van der Waals surface area (Å²) in [4.78, 5) is 12.1. The minimum Gasteiger partial charge on any atom is -0.497 e. The quantitative estimate of drug-likeness (QED) is 0.622. The highest BCUT2D eigenvalue weighted by Crippen LogP contribution is 2.23. The van der Waals surface area contributed by atoms with Crippen LogP contribution in [0.4, 0.5) is 14.8 Å². The molecule has 1 N–H and O–H groups in total. The van der Waals surface area contributed by atoms with Crippen molar-refractivity contribution in [3.05, 3.63) is 54.1 Å². The van der Waals surface area contributed by atoms with Crippen LogP contribution in [0.5, 0.6) is 5.75 Å². The zero-order chi connectivity index (χ0) is 21.0. The lowest BCUT2D eigenvalue weighted by Gasteiger charge is -2.05. The van der Waals surface area contributed by atoms with Gasteiger partial charge in [-0.3, -0.25) is 10.1 Å². The number of sulfone groups is 1. The number of ether oxygens (including phenoxy) is 1. The molecular formula is C18H15F2N3O5S. The fourth-order valence-electron chi connectivity index (χ4n) is 2.36. The summed E-state index contributed by atoms with van der Waals surface area (Å²) in [5, 5.41) is 9.37. The highest BCUT2D eigenvalue weighted by atomic mass is 32.2. The van der Waals surface area contributed by atoms with Crippen molar-refractivity contribution in [1.29, 1.82) is 0 Å². The summed E-state index contributed by atoms with van der Waals surface area (Å²) in [7, 11) is -2.23. The molecule has 3 aromatic rings. The Morgan fingerprint density at radius 3 is 2.52 bits per heavy atom. The lowest BCUT2D eigenvalue weighted by atomic mass is 10.2. The second-order valence-electron chi connectivity index (χ2n) is 5.83. The van der Waals surface area contributed by atoms with Crippen molar-refractivity contribution in [1.82, 2.24) is 10.2 Å². The van der Waals surface area contributed by atoms with Gasteiger partial charge in [-0.05, 0) is 36.4 Å². The molecule has 1 heterocycles. The number of aromatic nitrogens is 2. The first-order valence-electron chi connectivity index (χ1n) is 8.24. The third-order valence-electron chi connectivity index (χ3n) is 3.85. The van der Waals surface area contributed by atoms with Crippen molar-refractivity contribution in [2.45, 2.75) is 11.3 Å². The molecule has 0 aliphatic carbocycles. The molecule has 152 valence electrons. The number of benzene rings is 2. The van der Waals surface area contributed by atoms with Crippen LogP contribution in [0.15, 0.2) is 51.8 Å². The summed E-state index contributed by atoms with van der Waals surface area (Å²) < 4.78 is 61.4. The Hall–Kier alpha value is -3.34. The van der Waals surface area contributed by atoms with Crippen LogP contribution in [0.25, 0.3) is 11.5 Å². The third kappa shape index (κ3) is 4.93. The fraction of sp³-hybridized carbons (Fsp3) is 0.167. The van der Waals surface area contributed by atoms with Crippen LogP contribution < -0.4 is 10.1 Å². The van der Waals surface area contributed by atoms with E-state index in [9.17, 15) is 22.0 Å². The van der Waals surface area contributed by atoms with Crippen LogP contribution in [-0.4, -0.2) is 37.4 Å². The number of carbonyl (C=O) groups excluding carboxylic acids is 1. The van der Waals surface area contributed by atoms with E-state index in [1.807, 2.05) is 0 Å². The smallest absolute Gasteiger partial charge is 0.322 e. The molecule has 2 aromatic carbocycles. The summed E-state index contributed by atoms with van der Waals surface area (Å²) in [6, 6.07) is 8.22. The third-order valence-corrected chi connectivity index (χ3v) is 5.58. The second kappa shape index (κ2) is 8.35. The predicted molar refractivity (Wildman–Crippen MR) is 97.9 cm³/mol. The maximum atomic E-state index is 13.7. The van der Waals surface area contributed by atoms with Gasteiger partial charge >= 0.3 is 6.01 Å². The highest BCUT2D eigenvalue weighted by molar-refractivity contribution is 7.91. The van der Waals surface area contributed by atoms with Crippen molar-refractivity contribution >= 4 is 21.8 Å². The first-order valence-corrected chi connectivity index (χ1v) is 9.89. The molecule has 8 nitrogen and oxygen atoms in total. The minimum atomic E-state index is -3.69. The molecule has 3 rings (SSSR count). The van der Waals surface area contributed by atoms with Gasteiger partial charge in [-0.15, -0.1) is 5.10 Å². The number of anilines is 1. The zero-order valence-electron chi connectivity index (χ0n) is 15.1. The molecule has 0 atom stereocenters. The van der Waals surface area contributed by atoms with E-state index in [0.717, 1.165) is 12.1 Å². The molecule has 0 saturated heterocycles. The van der Waals surface area contributed by atoms with Gasteiger partial charge in [-0.1, -0.05) is 5.10 Å². The number of hydrogen-bond donors (Lipinski definition) is 1. The van der Waals surface area contributed by atoms with Gasteiger partial charge in [0.2, 0.25) is 5.91 Å². The van der Waals surface area contributed by atoms with E-state index in [-0.39, 0.29) is 28.8 Å². The van der Waals surface area contributed by atoms with Gasteiger partial charge in [-0.25, -0.2) is 17.2 Å². The number of rotatable bonds is 7. The number of methoxy groups -OCH3 is 1. The molecule has 0 unspecified atom stereocenters. The van der Waals surface area contributed by atoms with E-state index in [1.54, 1.807) is 0 Å². The molecule has 1 amide bonds. The maximum absolute atomic E-state index is 13.7. The molecule has 11 heteroatoms. The van der Waals surface area contributed by atoms with Crippen molar-refractivity contribution in [2.75, 3.05) is 18.2 Å². The van der Waals surface area contributed by atoms with Gasteiger partial charge in [-0.2, -0.15) is 0 Å². The van der Waals surface area contributed by atoms with Crippen molar-refractivity contribution < 1.29 is 31.1 Å². The van der Waals surface area contributed by atoms with Crippen LogP contribution >= 0.6 is 0 Å². The Balaban J connectivity index is 1.61. The van der Waals surface area contributed by atoms with Crippen LogP contribution in [-0.2, 0) is 14.6 Å². The van der Waals surface area contributed by atoms with Crippen LogP contribution in [0.3, 0.4) is 0 Å². The summed E-state index contributed by atoms with van der Waals surface area (Å²) in [6.45, 7) is 0. The SMILES string of the molecule is COc1ccc(S(=O)(=O)CCC(=O)Nc2nnc(-c3ccc(F)cc3F)o2)cc1. The number of nitrogens with zero attached hydrogens (tertiary/aromatic N) is 2. The number of nitrogens with one attached hydrogen (secondary N) is 1. The van der Waals surface area contributed by atoms with E-state index in [4.69, 9.17) is 9.15 Å². The standard InChI is InChI=1S/C18H15F2N3O5S/c1-27-12-3-5-13(6-4-12)29(25,26)9-8-16(24)21-18-23-22-17(28-18)14-7-2-11(19)10-15(14)20/h2-7,10H,8-9H2,1H3,(H,21,23,24). The lowest BCUT2D eigenvalue weighted by molar-refractivity contribution is -0.115. The molecule has 29 heavy (non-hydrogen) atoms. The Morgan fingerprint density at radius 1 is 1.14 bits per heavy atom. The molecule has 0 radical (unpaired) electrons. The summed E-state index contributed by atoms with van der Waals surface area (Å²) in [6.07, 6.45) is -0.364. The van der Waals surface area contributed by atoms with Crippen LogP contribution in [0.1, 0.15) is 6.42 Å². The zero-order valence-corrected chi connectivity index (χ0v) is 15.9. The summed E-state index contributed by atoms with van der Waals surface area (Å²) in [5.74, 6) is -2.56. The molecule has 0 aliphatic heterocycles. The molecular weight excluding hydrogens is 408 g/mol. The summed E-state index contributed by atoms with van der Waals surface area (Å²) in [5.41, 5.74) is -0.138. The van der Waals surface area contributed by atoms with E-state index < -0.39 is 33.1 Å². The van der Waals surface area contributed by atoms with Gasteiger partial charge in [0, 0.05) is 12.5 Å². The highest BCUT2D eigenvalue weighted by Gasteiger charge is 2.19. The summed E-state index contributed by atoms with van der Waals surface area (Å²) >= 11 is 0. The molecule has 1 aromatic heterocycles. The number of halogens is 2. The second-order valence-corrected chi connectivity index (χ2v) is 7.94.